The van der Waals surface area contributed by atoms with Gasteiger partial charge in [-0.2, -0.15) is 0 Å². The fraction of sp³-hybridized carbons (Fsp3) is 0.474. The molecule has 1 aromatic carbocycles. The SMILES string of the molecule is CC(NC(C)(C)C)C(=O)c1cccc(Cl)c1.O=C(O)CC(O)(CC(=O)O)C(=O)O. The van der Waals surface area contributed by atoms with Gasteiger partial charge in [0, 0.05) is 16.1 Å². The second-order valence-electron chi connectivity index (χ2n) is 7.47. The molecule has 0 fully saturated rings. The molecule has 0 heterocycles. The van der Waals surface area contributed by atoms with Crippen molar-refractivity contribution in [1.29, 1.82) is 0 Å². The lowest BCUT2D eigenvalue weighted by molar-refractivity contribution is -0.170. The Labute approximate surface area is 173 Å². The topological polar surface area (TPSA) is 161 Å². The monoisotopic (exact) mass is 431 g/mol. The molecule has 0 amide bonds. The summed E-state index contributed by atoms with van der Waals surface area (Å²) in [6.45, 7) is 7.98. The van der Waals surface area contributed by atoms with E-state index in [2.05, 4.69) is 5.32 Å². The molecule has 0 saturated carbocycles. The second kappa shape index (κ2) is 10.9. The normalized spacial score (nSPS) is 12.3. The molecular formula is C19H26ClNO8. The summed E-state index contributed by atoms with van der Waals surface area (Å²) in [5.74, 6) is -4.95. The highest BCUT2D eigenvalue weighted by molar-refractivity contribution is 6.31. The highest BCUT2D eigenvalue weighted by Crippen LogP contribution is 2.16. The number of hydrogen-bond acceptors (Lipinski definition) is 6. The molecule has 1 unspecified atom stereocenters. The van der Waals surface area contributed by atoms with Crippen molar-refractivity contribution in [3.05, 3.63) is 34.9 Å². The first-order valence-electron chi connectivity index (χ1n) is 8.54. The number of aliphatic hydroxyl groups is 1. The number of Topliss-reactive ketones (excluding diaryl/α,β-unsaturated/α-hetero) is 1. The molecule has 0 aliphatic rings. The summed E-state index contributed by atoms with van der Waals surface area (Å²) >= 11 is 5.85. The molecule has 0 spiro atoms. The van der Waals surface area contributed by atoms with Gasteiger partial charge in [0.15, 0.2) is 11.4 Å². The van der Waals surface area contributed by atoms with E-state index in [9.17, 15) is 19.2 Å². The van der Waals surface area contributed by atoms with Crippen LogP contribution in [-0.2, 0) is 14.4 Å². The third kappa shape index (κ3) is 10.6. The Morgan fingerprint density at radius 3 is 1.86 bits per heavy atom. The van der Waals surface area contributed by atoms with Gasteiger partial charge < -0.3 is 25.7 Å². The molecule has 0 aliphatic heterocycles. The highest BCUT2D eigenvalue weighted by atomic mass is 35.5. The van der Waals surface area contributed by atoms with Crippen molar-refractivity contribution in [2.75, 3.05) is 0 Å². The van der Waals surface area contributed by atoms with Crippen LogP contribution in [0.4, 0.5) is 0 Å². The van der Waals surface area contributed by atoms with E-state index < -0.39 is 36.4 Å². The van der Waals surface area contributed by atoms with Crippen LogP contribution in [0.1, 0.15) is 50.9 Å². The maximum Gasteiger partial charge on any atom is 0.336 e. The number of carbonyl (C=O) groups is 4. The lowest BCUT2D eigenvalue weighted by Crippen LogP contribution is -2.46. The van der Waals surface area contributed by atoms with E-state index in [0.717, 1.165) is 0 Å². The molecule has 0 bridgehead atoms. The summed E-state index contributed by atoms with van der Waals surface area (Å²) in [4.78, 5) is 42.5. The Morgan fingerprint density at radius 1 is 1.03 bits per heavy atom. The van der Waals surface area contributed by atoms with Gasteiger partial charge >= 0.3 is 17.9 Å². The van der Waals surface area contributed by atoms with Crippen molar-refractivity contribution >= 4 is 35.3 Å². The van der Waals surface area contributed by atoms with Crippen molar-refractivity contribution in [3.63, 3.8) is 0 Å². The molecule has 9 nitrogen and oxygen atoms in total. The van der Waals surface area contributed by atoms with Gasteiger partial charge in [-0.05, 0) is 39.8 Å². The molecule has 5 N–H and O–H groups in total. The van der Waals surface area contributed by atoms with Crippen molar-refractivity contribution in [2.24, 2.45) is 0 Å². The predicted octanol–water partition coefficient (Wildman–Crippen LogP) is 2.05. The third-order valence-electron chi connectivity index (χ3n) is 3.44. The van der Waals surface area contributed by atoms with Gasteiger partial charge in [0.1, 0.15) is 0 Å². The molecule has 0 radical (unpaired) electrons. The smallest absolute Gasteiger partial charge is 0.336 e. The predicted molar refractivity (Wildman–Crippen MR) is 105 cm³/mol. The van der Waals surface area contributed by atoms with E-state index in [0.29, 0.717) is 10.6 Å². The minimum absolute atomic E-state index is 0.0671. The molecule has 0 aliphatic carbocycles. The van der Waals surface area contributed by atoms with E-state index in [4.69, 9.17) is 32.0 Å². The number of halogens is 1. The first-order valence-corrected chi connectivity index (χ1v) is 8.92. The number of carboxylic acid groups (broad SMARTS) is 3. The maximum atomic E-state index is 12.1. The van der Waals surface area contributed by atoms with Gasteiger partial charge in [0.25, 0.3) is 0 Å². The lowest BCUT2D eigenvalue weighted by Gasteiger charge is -2.25. The number of benzene rings is 1. The minimum Gasteiger partial charge on any atom is -0.481 e. The summed E-state index contributed by atoms with van der Waals surface area (Å²) < 4.78 is 0. The van der Waals surface area contributed by atoms with Crippen LogP contribution in [-0.4, -0.2) is 61.3 Å². The van der Waals surface area contributed by atoms with Gasteiger partial charge in [-0.1, -0.05) is 23.7 Å². The molecule has 29 heavy (non-hydrogen) atoms. The van der Waals surface area contributed by atoms with Crippen molar-refractivity contribution in [3.8, 4) is 0 Å². The molecule has 162 valence electrons. The number of ketones is 1. The van der Waals surface area contributed by atoms with E-state index in [1.54, 1.807) is 24.3 Å². The first kappa shape index (κ1) is 26.5. The Kier molecular flexibility index (Phi) is 9.96. The third-order valence-corrected chi connectivity index (χ3v) is 3.67. The van der Waals surface area contributed by atoms with Gasteiger partial charge in [0.05, 0.1) is 18.9 Å². The van der Waals surface area contributed by atoms with E-state index >= 15 is 0 Å². The standard InChI is InChI=1S/C13H18ClNO.C6H8O7/c1-9(15-13(2,3)4)12(16)10-6-5-7-11(14)8-10;7-3(8)1-6(13,5(11)12)2-4(9)10/h5-9,15H,1-4H3;13H,1-2H2,(H,7,8)(H,9,10)(H,11,12). The Bertz CT molecular complexity index is 741. The van der Waals surface area contributed by atoms with Gasteiger partial charge in [0.2, 0.25) is 0 Å². The molecule has 10 heteroatoms. The molecule has 1 rings (SSSR count). The Morgan fingerprint density at radius 2 is 1.52 bits per heavy atom. The highest BCUT2D eigenvalue weighted by Gasteiger charge is 2.40. The Hall–Kier alpha value is -2.49. The van der Waals surface area contributed by atoms with Crippen LogP contribution in [0.25, 0.3) is 0 Å². The largest absolute Gasteiger partial charge is 0.481 e. The lowest BCUT2D eigenvalue weighted by atomic mass is 9.96. The van der Waals surface area contributed by atoms with Crippen LogP contribution in [0, 0.1) is 0 Å². The number of aliphatic carboxylic acids is 3. The van der Waals surface area contributed by atoms with Crippen LogP contribution < -0.4 is 5.32 Å². The van der Waals surface area contributed by atoms with Gasteiger partial charge in [-0.25, -0.2) is 4.79 Å². The van der Waals surface area contributed by atoms with Crippen LogP contribution in [0.5, 0.6) is 0 Å². The zero-order valence-corrected chi connectivity index (χ0v) is 17.4. The van der Waals surface area contributed by atoms with Gasteiger partial charge in [-0.3, -0.25) is 14.4 Å². The number of hydrogen-bond donors (Lipinski definition) is 5. The summed E-state index contributed by atoms with van der Waals surface area (Å²) in [6, 6.07) is 6.83. The average molecular weight is 432 g/mol. The van der Waals surface area contributed by atoms with E-state index in [1.165, 1.54) is 0 Å². The van der Waals surface area contributed by atoms with Crippen LogP contribution in [0.15, 0.2) is 24.3 Å². The van der Waals surface area contributed by atoms with Crippen molar-refractivity contribution < 1.29 is 39.6 Å². The zero-order chi connectivity index (χ0) is 23.0. The molecule has 0 saturated heterocycles. The number of carbonyl (C=O) groups excluding carboxylic acids is 1. The zero-order valence-electron chi connectivity index (χ0n) is 16.6. The summed E-state index contributed by atoms with van der Waals surface area (Å²) in [6.07, 6.45) is -2.29. The Balaban J connectivity index is 0.000000555. The van der Waals surface area contributed by atoms with Crippen LogP contribution in [0.3, 0.4) is 0 Å². The van der Waals surface area contributed by atoms with Crippen LogP contribution in [0.2, 0.25) is 5.02 Å². The number of nitrogens with one attached hydrogen (secondary N) is 1. The van der Waals surface area contributed by atoms with Gasteiger partial charge in [-0.15, -0.1) is 0 Å². The molecule has 1 aromatic rings. The molecule has 0 aromatic heterocycles. The second-order valence-corrected chi connectivity index (χ2v) is 7.90. The summed E-state index contributed by atoms with van der Waals surface area (Å²) in [7, 11) is 0. The molecular weight excluding hydrogens is 406 g/mol. The summed E-state index contributed by atoms with van der Waals surface area (Å²) in [5, 5.41) is 37.6. The average Bonchev–Trinajstić information content (AvgIpc) is 2.51. The summed E-state index contributed by atoms with van der Waals surface area (Å²) in [5.41, 5.74) is -2.16. The first-order chi connectivity index (χ1) is 13.1. The fourth-order valence-electron chi connectivity index (χ4n) is 2.32. The van der Waals surface area contributed by atoms with E-state index in [1.807, 2.05) is 27.7 Å². The maximum absolute atomic E-state index is 12.1. The van der Waals surface area contributed by atoms with Crippen molar-refractivity contribution in [1.82, 2.24) is 5.32 Å². The molecule has 1 atom stereocenters. The fourth-order valence-corrected chi connectivity index (χ4v) is 2.51. The minimum atomic E-state index is -2.74. The van der Waals surface area contributed by atoms with Crippen molar-refractivity contribution in [2.45, 2.75) is 57.7 Å². The number of carboxylic acids is 3. The quantitative estimate of drug-likeness (QED) is 0.388. The van der Waals surface area contributed by atoms with E-state index in [-0.39, 0.29) is 17.4 Å². The number of rotatable bonds is 8. The van der Waals surface area contributed by atoms with Crippen LogP contribution >= 0.6 is 11.6 Å².